The van der Waals surface area contributed by atoms with Gasteiger partial charge in [-0.2, -0.15) is 4.98 Å². The molecule has 1 aromatic carbocycles. The van der Waals surface area contributed by atoms with Crippen LogP contribution in [0.2, 0.25) is 0 Å². The molecule has 1 aromatic heterocycles. The summed E-state index contributed by atoms with van der Waals surface area (Å²) in [5.74, 6) is 0.851. The van der Waals surface area contributed by atoms with Gasteiger partial charge in [-0.15, -0.1) is 0 Å². The third kappa shape index (κ3) is 3.15. The van der Waals surface area contributed by atoms with Crippen LogP contribution in [0, 0.1) is 6.92 Å². The Morgan fingerprint density at radius 2 is 1.86 bits per heavy atom. The molecule has 1 saturated heterocycles. The number of nitrogens with one attached hydrogen (secondary N) is 2. The average Bonchev–Trinajstić information content (AvgIpc) is 2.74. The van der Waals surface area contributed by atoms with Crippen LogP contribution in [-0.2, 0) is 9.53 Å². The van der Waals surface area contributed by atoms with Gasteiger partial charge >= 0.3 is 0 Å². The fraction of sp³-hybridized carbons (Fsp3) is 0.409. The van der Waals surface area contributed by atoms with Crippen LogP contribution in [0.4, 0.5) is 11.8 Å². The Kier molecular flexibility index (Phi) is 4.47. The van der Waals surface area contributed by atoms with E-state index < -0.39 is 0 Å². The highest BCUT2D eigenvalue weighted by atomic mass is 16.5. The van der Waals surface area contributed by atoms with Crippen molar-refractivity contribution in [1.82, 2.24) is 9.97 Å². The summed E-state index contributed by atoms with van der Waals surface area (Å²) in [5.41, 5.74) is 4.05. The standard InChI is InChI=1S/C22H24N4O3/c1-13-5-7-14(8-6-13)17-18-15(3-2-4-16(18)27)23-20-19(17)21(28)25-22(24-20)26-9-11-29-12-10-26/h5-8,17H,2-4,9-12H2,1H3,(H2,23,24,25,28)/t17-/m1/s1. The minimum Gasteiger partial charge on any atom is -0.378 e. The Morgan fingerprint density at radius 1 is 1.10 bits per heavy atom. The number of rotatable bonds is 2. The maximum Gasteiger partial charge on any atom is 0.258 e. The molecule has 7 nitrogen and oxygen atoms in total. The third-order valence-electron chi connectivity index (χ3n) is 5.97. The summed E-state index contributed by atoms with van der Waals surface area (Å²) < 4.78 is 5.41. The smallest absolute Gasteiger partial charge is 0.258 e. The van der Waals surface area contributed by atoms with Crippen LogP contribution in [0.5, 0.6) is 0 Å². The molecule has 2 aliphatic heterocycles. The molecule has 3 heterocycles. The van der Waals surface area contributed by atoms with E-state index in [1.54, 1.807) is 0 Å². The van der Waals surface area contributed by atoms with Crippen LogP contribution < -0.4 is 15.8 Å². The Labute approximate surface area is 168 Å². The SMILES string of the molecule is Cc1ccc([C@@H]2C3=C(CCCC3=O)Nc3nc(N4CCOCC4)[nH]c(=O)c32)cc1. The summed E-state index contributed by atoms with van der Waals surface area (Å²) >= 11 is 0. The number of H-pyrrole nitrogens is 1. The largest absolute Gasteiger partial charge is 0.378 e. The first kappa shape index (κ1) is 18.1. The zero-order chi connectivity index (χ0) is 20.0. The number of morpholine rings is 1. The van der Waals surface area contributed by atoms with Crippen LogP contribution in [0.15, 0.2) is 40.3 Å². The van der Waals surface area contributed by atoms with Gasteiger partial charge in [0.05, 0.1) is 18.8 Å². The number of benzene rings is 1. The normalized spacial score (nSPS) is 21.5. The van der Waals surface area contributed by atoms with Gasteiger partial charge < -0.3 is 15.0 Å². The molecule has 0 bridgehead atoms. The minimum absolute atomic E-state index is 0.117. The van der Waals surface area contributed by atoms with Gasteiger partial charge in [-0.05, 0) is 25.3 Å². The lowest BCUT2D eigenvalue weighted by molar-refractivity contribution is -0.116. The Morgan fingerprint density at radius 3 is 2.62 bits per heavy atom. The van der Waals surface area contributed by atoms with E-state index in [2.05, 4.69) is 10.3 Å². The van der Waals surface area contributed by atoms with Gasteiger partial charge in [0.1, 0.15) is 5.82 Å². The van der Waals surface area contributed by atoms with Crippen LogP contribution in [0.1, 0.15) is 41.9 Å². The minimum atomic E-state index is -0.385. The fourth-order valence-electron chi connectivity index (χ4n) is 4.47. The highest BCUT2D eigenvalue weighted by Crippen LogP contribution is 2.43. The highest BCUT2D eigenvalue weighted by Gasteiger charge is 2.38. The van der Waals surface area contributed by atoms with Crippen molar-refractivity contribution < 1.29 is 9.53 Å². The number of ether oxygens (including phenoxy) is 1. The first-order valence-corrected chi connectivity index (χ1v) is 10.2. The van der Waals surface area contributed by atoms with Gasteiger partial charge in [-0.25, -0.2) is 0 Å². The number of carbonyl (C=O) groups is 1. The average molecular weight is 392 g/mol. The zero-order valence-corrected chi connectivity index (χ0v) is 16.5. The van der Waals surface area contributed by atoms with E-state index in [1.807, 2.05) is 36.1 Å². The Bertz CT molecular complexity index is 1050. The van der Waals surface area contributed by atoms with Crippen molar-refractivity contribution in [3.05, 3.63) is 62.6 Å². The first-order chi connectivity index (χ1) is 14.1. The molecule has 3 aliphatic rings. The number of Topliss-reactive ketones (excluding diaryl/α,β-unsaturated/α-hetero) is 1. The molecular formula is C22H24N4O3. The predicted molar refractivity (Wildman–Crippen MR) is 110 cm³/mol. The molecule has 1 atom stereocenters. The molecule has 29 heavy (non-hydrogen) atoms. The predicted octanol–water partition coefficient (Wildman–Crippen LogP) is 2.48. The van der Waals surface area contributed by atoms with E-state index in [1.165, 1.54) is 0 Å². The summed E-state index contributed by atoms with van der Waals surface area (Å²) in [4.78, 5) is 35.8. The number of hydrogen-bond acceptors (Lipinski definition) is 6. The monoisotopic (exact) mass is 392 g/mol. The molecular weight excluding hydrogens is 368 g/mol. The number of aryl methyl sites for hydroxylation is 1. The lowest BCUT2D eigenvalue weighted by Crippen LogP contribution is -2.40. The molecule has 1 fully saturated rings. The number of hydrogen-bond donors (Lipinski definition) is 2. The molecule has 0 amide bonds. The molecule has 0 unspecified atom stereocenters. The molecule has 150 valence electrons. The Balaban J connectivity index is 1.67. The van der Waals surface area contributed by atoms with E-state index in [0.717, 1.165) is 35.2 Å². The van der Waals surface area contributed by atoms with Gasteiger partial charge in [-0.3, -0.25) is 14.6 Å². The molecule has 5 rings (SSSR count). The summed E-state index contributed by atoms with van der Waals surface area (Å²) in [7, 11) is 0. The van der Waals surface area contributed by atoms with E-state index >= 15 is 0 Å². The van der Waals surface area contributed by atoms with Crippen molar-refractivity contribution in [2.75, 3.05) is 36.5 Å². The first-order valence-electron chi connectivity index (χ1n) is 10.2. The van der Waals surface area contributed by atoms with E-state index in [9.17, 15) is 9.59 Å². The van der Waals surface area contributed by atoms with Crippen molar-refractivity contribution in [2.24, 2.45) is 0 Å². The number of aromatic amines is 1. The van der Waals surface area contributed by atoms with Crippen molar-refractivity contribution >= 4 is 17.5 Å². The van der Waals surface area contributed by atoms with Gasteiger partial charge in [-0.1, -0.05) is 29.8 Å². The molecule has 2 aromatic rings. The van der Waals surface area contributed by atoms with Gasteiger partial charge in [0.2, 0.25) is 5.95 Å². The van der Waals surface area contributed by atoms with Crippen LogP contribution in [0.25, 0.3) is 0 Å². The number of anilines is 2. The van der Waals surface area contributed by atoms with Crippen molar-refractivity contribution in [3.8, 4) is 0 Å². The molecule has 2 N–H and O–H groups in total. The Hall–Kier alpha value is -2.93. The van der Waals surface area contributed by atoms with Crippen LogP contribution >= 0.6 is 0 Å². The third-order valence-corrected chi connectivity index (χ3v) is 5.97. The van der Waals surface area contributed by atoms with E-state index in [0.29, 0.717) is 50.1 Å². The number of aromatic nitrogens is 2. The maximum absolute atomic E-state index is 13.2. The zero-order valence-electron chi connectivity index (χ0n) is 16.5. The summed E-state index contributed by atoms with van der Waals surface area (Å²) in [5, 5.41) is 3.33. The number of allylic oxidation sites excluding steroid dienone is 2. The number of nitrogens with zero attached hydrogens (tertiary/aromatic N) is 2. The van der Waals surface area contributed by atoms with Crippen molar-refractivity contribution in [2.45, 2.75) is 32.1 Å². The molecule has 7 heteroatoms. The molecule has 0 saturated carbocycles. The van der Waals surface area contributed by atoms with Gasteiger partial charge in [0, 0.05) is 36.7 Å². The molecule has 1 aliphatic carbocycles. The van der Waals surface area contributed by atoms with Crippen molar-refractivity contribution in [3.63, 3.8) is 0 Å². The summed E-state index contributed by atoms with van der Waals surface area (Å²) in [6.07, 6.45) is 2.14. The second-order valence-electron chi connectivity index (χ2n) is 7.89. The maximum atomic E-state index is 13.2. The second-order valence-corrected chi connectivity index (χ2v) is 7.89. The second kappa shape index (κ2) is 7.15. The fourth-order valence-corrected chi connectivity index (χ4v) is 4.47. The highest BCUT2D eigenvalue weighted by molar-refractivity contribution is 6.00. The topological polar surface area (TPSA) is 87.3 Å². The van der Waals surface area contributed by atoms with Crippen LogP contribution in [0.3, 0.4) is 0 Å². The lowest BCUT2D eigenvalue weighted by Gasteiger charge is -2.34. The molecule has 0 radical (unpaired) electrons. The number of fused-ring (bicyclic) bond motifs is 1. The van der Waals surface area contributed by atoms with Gasteiger partial charge in [0.15, 0.2) is 5.78 Å². The summed E-state index contributed by atoms with van der Waals surface area (Å²) in [6.45, 7) is 4.64. The summed E-state index contributed by atoms with van der Waals surface area (Å²) in [6, 6.07) is 8.07. The van der Waals surface area contributed by atoms with Gasteiger partial charge in [0.25, 0.3) is 5.56 Å². The van der Waals surface area contributed by atoms with Crippen LogP contribution in [-0.4, -0.2) is 42.1 Å². The lowest BCUT2D eigenvalue weighted by atomic mass is 9.76. The number of ketones is 1. The number of carbonyl (C=O) groups excluding carboxylic acids is 1. The van der Waals surface area contributed by atoms with E-state index in [4.69, 9.17) is 9.72 Å². The van der Waals surface area contributed by atoms with E-state index in [-0.39, 0.29) is 17.3 Å². The quantitative estimate of drug-likeness (QED) is 0.817. The van der Waals surface area contributed by atoms with Crippen molar-refractivity contribution in [1.29, 1.82) is 0 Å². The molecule has 0 spiro atoms.